The zero-order valence-corrected chi connectivity index (χ0v) is 21.5. The minimum Gasteiger partial charge on any atom is -0.0882 e. The van der Waals surface area contributed by atoms with Crippen LogP contribution in [0.3, 0.4) is 0 Å². The molecule has 0 amide bonds. The first-order chi connectivity index (χ1) is 14.2. The quantitative estimate of drug-likeness (QED) is 0.186. The van der Waals surface area contributed by atoms with Gasteiger partial charge >= 0.3 is 0 Å². The Balaban J connectivity index is 3.98. The van der Waals surface area contributed by atoms with E-state index in [9.17, 15) is 0 Å². The Morgan fingerprint density at radius 1 is 0.433 bits per heavy atom. The van der Waals surface area contributed by atoms with Crippen molar-refractivity contribution in [2.75, 3.05) is 0 Å². The molecule has 0 saturated carbocycles. The minimum atomic E-state index is 1.17. The van der Waals surface area contributed by atoms with Gasteiger partial charge in [-0.15, -0.1) is 0 Å². The molecule has 0 aromatic rings. The summed E-state index contributed by atoms with van der Waals surface area (Å²) in [6.07, 6.45) is 26.2. The first-order valence-corrected chi connectivity index (χ1v) is 12.1. The molecule has 0 heteroatoms. The summed E-state index contributed by atoms with van der Waals surface area (Å²) in [7, 11) is 0. The average Bonchev–Trinajstić information content (AvgIpc) is 2.67. The van der Waals surface area contributed by atoms with E-state index in [1.807, 2.05) is 0 Å². The molecule has 0 nitrogen and oxygen atoms in total. The summed E-state index contributed by atoms with van der Waals surface area (Å²) in [6.45, 7) is 17.8. The Labute approximate surface area is 189 Å². The fourth-order valence-electron chi connectivity index (χ4n) is 3.20. The molecule has 0 unspecified atom stereocenters. The SMILES string of the molecule is CC(C)=CCCC(C)=CCCC(C)=CCCC=C(C)CCC=CCCC(C)=C(C)C. The van der Waals surface area contributed by atoms with Crippen LogP contribution in [-0.2, 0) is 0 Å². The van der Waals surface area contributed by atoms with Gasteiger partial charge in [-0.3, -0.25) is 0 Å². The van der Waals surface area contributed by atoms with Crippen molar-refractivity contribution in [2.45, 2.75) is 120 Å². The normalized spacial score (nSPS) is 13.1. The number of unbranched alkanes of at least 4 members (excludes halogenated alkanes) is 1. The number of hydrogen-bond donors (Lipinski definition) is 0. The highest BCUT2D eigenvalue weighted by Gasteiger charge is 1.93. The third-order valence-corrected chi connectivity index (χ3v) is 5.69. The molecule has 0 aliphatic heterocycles. The third-order valence-electron chi connectivity index (χ3n) is 5.69. The van der Waals surface area contributed by atoms with Gasteiger partial charge < -0.3 is 0 Å². The van der Waals surface area contributed by atoms with E-state index in [4.69, 9.17) is 0 Å². The predicted molar refractivity (Wildman–Crippen MR) is 140 cm³/mol. The summed E-state index contributed by atoms with van der Waals surface area (Å²) in [5.74, 6) is 0. The molecular formula is C30H50. The first kappa shape index (κ1) is 28.4. The Bertz CT molecular complexity index is 636. The van der Waals surface area contributed by atoms with Crippen molar-refractivity contribution in [3.63, 3.8) is 0 Å². The predicted octanol–water partition coefficient (Wildman–Crippen LogP) is 10.6. The maximum atomic E-state index is 2.43. The molecule has 170 valence electrons. The van der Waals surface area contributed by atoms with Gasteiger partial charge in [-0.25, -0.2) is 0 Å². The molecule has 0 aliphatic carbocycles. The van der Waals surface area contributed by atoms with Crippen LogP contribution in [0.1, 0.15) is 120 Å². The Morgan fingerprint density at radius 3 is 1.30 bits per heavy atom. The fourth-order valence-corrected chi connectivity index (χ4v) is 3.20. The average molecular weight is 411 g/mol. The zero-order valence-electron chi connectivity index (χ0n) is 21.5. The standard InChI is InChI=1S/C30H50/c1-25(2)17-15-21-29(7)23-16-22-28(6)20-14-13-19-27(5)18-11-9-10-12-24-30(8)26(3)4/h9-10,17,19-20,23H,11-16,18,21-22,24H2,1-8H3. The molecule has 0 radical (unpaired) electrons. The summed E-state index contributed by atoms with van der Waals surface area (Å²) < 4.78 is 0. The van der Waals surface area contributed by atoms with E-state index in [-0.39, 0.29) is 0 Å². The summed E-state index contributed by atoms with van der Waals surface area (Å²) in [6, 6.07) is 0. The van der Waals surface area contributed by atoms with Crippen molar-refractivity contribution >= 4 is 0 Å². The van der Waals surface area contributed by atoms with Gasteiger partial charge in [0.2, 0.25) is 0 Å². The molecule has 0 heterocycles. The lowest BCUT2D eigenvalue weighted by atomic mass is 10.0. The van der Waals surface area contributed by atoms with Gasteiger partial charge in [-0.2, -0.15) is 0 Å². The van der Waals surface area contributed by atoms with Crippen LogP contribution >= 0.6 is 0 Å². The highest BCUT2D eigenvalue weighted by atomic mass is 14.0. The van der Waals surface area contributed by atoms with Crippen molar-refractivity contribution in [2.24, 2.45) is 0 Å². The number of hydrogen-bond acceptors (Lipinski definition) is 0. The maximum Gasteiger partial charge on any atom is -0.0286 e. The monoisotopic (exact) mass is 410 g/mol. The fraction of sp³-hybridized carbons (Fsp3) is 0.600. The van der Waals surface area contributed by atoms with Crippen LogP contribution in [-0.4, -0.2) is 0 Å². The molecular weight excluding hydrogens is 360 g/mol. The van der Waals surface area contributed by atoms with Crippen LogP contribution in [0.4, 0.5) is 0 Å². The molecule has 0 fully saturated rings. The molecule has 0 saturated heterocycles. The highest BCUT2D eigenvalue weighted by molar-refractivity contribution is 5.08. The lowest BCUT2D eigenvalue weighted by Gasteiger charge is -2.02. The van der Waals surface area contributed by atoms with Gasteiger partial charge in [0.15, 0.2) is 0 Å². The molecule has 30 heavy (non-hydrogen) atoms. The second-order valence-electron chi connectivity index (χ2n) is 9.42. The van der Waals surface area contributed by atoms with Crippen LogP contribution < -0.4 is 0 Å². The van der Waals surface area contributed by atoms with E-state index in [0.717, 1.165) is 0 Å². The van der Waals surface area contributed by atoms with Crippen LogP contribution in [0.2, 0.25) is 0 Å². The lowest BCUT2D eigenvalue weighted by molar-refractivity contribution is 0.900. The van der Waals surface area contributed by atoms with Crippen LogP contribution in [0.5, 0.6) is 0 Å². The summed E-state index contributed by atoms with van der Waals surface area (Å²) in [5, 5.41) is 0. The van der Waals surface area contributed by atoms with Crippen LogP contribution in [0.15, 0.2) is 69.9 Å². The molecule has 0 aromatic heterocycles. The van der Waals surface area contributed by atoms with Gasteiger partial charge in [0.05, 0.1) is 0 Å². The van der Waals surface area contributed by atoms with E-state index >= 15 is 0 Å². The van der Waals surface area contributed by atoms with E-state index in [0.29, 0.717) is 0 Å². The van der Waals surface area contributed by atoms with Gasteiger partial charge in [-0.1, -0.05) is 69.9 Å². The zero-order chi connectivity index (χ0) is 22.8. The summed E-state index contributed by atoms with van der Waals surface area (Å²) >= 11 is 0. The van der Waals surface area contributed by atoms with E-state index < -0.39 is 0 Å². The lowest BCUT2D eigenvalue weighted by Crippen LogP contribution is -1.82. The molecule has 0 N–H and O–H groups in total. The summed E-state index contributed by atoms with van der Waals surface area (Å²) in [4.78, 5) is 0. The first-order valence-electron chi connectivity index (χ1n) is 12.1. The molecule has 0 aliphatic rings. The van der Waals surface area contributed by atoms with Gasteiger partial charge in [0.25, 0.3) is 0 Å². The highest BCUT2D eigenvalue weighted by Crippen LogP contribution is 2.14. The van der Waals surface area contributed by atoms with Crippen molar-refractivity contribution in [1.29, 1.82) is 0 Å². The molecule has 0 atom stereocenters. The smallest absolute Gasteiger partial charge is 0.0286 e. The van der Waals surface area contributed by atoms with Crippen molar-refractivity contribution in [1.82, 2.24) is 0 Å². The van der Waals surface area contributed by atoms with Gasteiger partial charge in [-0.05, 0) is 120 Å². The largest absolute Gasteiger partial charge is 0.0882 e. The van der Waals surface area contributed by atoms with Gasteiger partial charge in [0, 0.05) is 0 Å². The second kappa shape index (κ2) is 18.2. The van der Waals surface area contributed by atoms with E-state index in [2.05, 4.69) is 91.8 Å². The Kier molecular flexibility index (Phi) is 17.3. The molecule has 0 bridgehead atoms. The third kappa shape index (κ3) is 18.5. The van der Waals surface area contributed by atoms with Crippen molar-refractivity contribution in [3.05, 3.63) is 69.9 Å². The molecule has 0 aromatic carbocycles. The second-order valence-corrected chi connectivity index (χ2v) is 9.42. The van der Waals surface area contributed by atoms with E-state index in [1.54, 1.807) is 0 Å². The number of allylic oxidation sites excluding steroid dienone is 12. The Morgan fingerprint density at radius 2 is 0.833 bits per heavy atom. The molecule has 0 spiro atoms. The minimum absolute atomic E-state index is 1.17. The molecule has 0 rings (SSSR count). The van der Waals surface area contributed by atoms with Crippen molar-refractivity contribution in [3.8, 4) is 0 Å². The van der Waals surface area contributed by atoms with Crippen LogP contribution in [0, 0.1) is 0 Å². The Hall–Kier alpha value is -1.56. The van der Waals surface area contributed by atoms with Gasteiger partial charge in [0.1, 0.15) is 0 Å². The van der Waals surface area contributed by atoms with Crippen LogP contribution in [0.25, 0.3) is 0 Å². The van der Waals surface area contributed by atoms with Crippen molar-refractivity contribution < 1.29 is 0 Å². The topological polar surface area (TPSA) is 0 Å². The summed E-state index contributed by atoms with van der Waals surface area (Å²) in [5.41, 5.74) is 9.01. The van der Waals surface area contributed by atoms with E-state index in [1.165, 1.54) is 97.6 Å². The maximum absolute atomic E-state index is 2.43. The number of rotatable bonds is 15.